The Bertz CT molecular complexity index is 634. The maximum atomic E-state index is 10.7. The van der Waals surface area contributed by atoms with Crippen LogP contribution in [0.5, 0.6) is 0 Å². The zero-order valence-electron chi connectivity index (χ0n) is 10.7. The fourth-order valence-corrected chi connectivity index (χ4v) is 1.86. The van der Waals surface area contributed by atoms with Crippen LogP contribution in [-0.2, 0) is 13.9 Å². The van der Waals surface area contributed by atoms with E-state index in [2.05, 4.69) is 5.32 Å². The third kappa shape index (κ3) is 7.84. The molecule has 0 saturated heterocycles. The van der Waals surface area contributed by atoms with Gasteiger partial charge in [0.1, 0.15) is 0 Å². The average molecular weight is 354 g/mol. The Kier molecular flexibility index (Phi) is 6.58. The summed E-state index contributed by atoms with van der Waals surface area (Å²) in [6.45, 7) is 0. The van der Waals surface area contributed by atoms with E-state index in [4.69, 9.17) is 13.0 Å². The average Bonchev–Trinajstić information content (AvgIpc) is 2.39. The Morgan fingerprint density at radius 2 is 1.40 bits per heavy atom. The number of hydrogen-bond acceptors (Lipinski definition) is 5. The number of benzene rings is 2. The van der Waals surface area contributed by atoms with E-state index in [1.165, 1.54) is 0 Å². The SMILES string of the molecule is CS(=O)(=O)[O-].O=[As]c1ccc(Nc2ccccc2)cc1. The van der Waals surface area contributed by atoms with Gasteiger partial charge in [0.25, 0.3) is 0 Å². The molecule has 20 heavy (non-hydrogen) atoms. The van der Waals surface area contributed by atoms with Crippen LogP contribution in [0.1, 0.15) is 0 Å². The zero-order valence-corrected chi connectivity index (χ0v) is 13.4. The molecule has 0 aliphatic heterocycles. The summed E-state index contributed by atoms with van der Waals surface area (Å²) in [4.78, 5) is 0. The summed E-state index contributed by atoms with van der Waals surface area (Å²) in [7, 11) is -3.92. The van der Waals surface area contributed by atoms with Gasteiger partial charge in [-0.1, -0.05) is 0 Å². The number of para-hydroxylation sites is 1. The van der Waals surface area contributed by atoms with Crippen LogP contribution in [0.4, 0.5) is 11.4 Å². The third-order valence-corrected chi connectivity index (χ3v) is 3.10. The van der Waals surface area contributed by atoms with Crippen molar-refractivity contribution < 1.29 is 16.7 Å². The van der Waals surface area contributed by atoms with Crippen molar-refractivity contribution in [3.05, 3.63) is 54.6 Å². The second kappa shape index (κ2) is 7.94. The van der Waals surface area contributed by atoms with Crippen LogP contribution in [0.3, 0.4) is 0 Å². The molecule has 0 fully saturated rings. The molecule has 0 spiro atoms. The topological polar surface area (TPSA) is 86.3 Å². The molecular formula is C13H13AsNO4S-. The molecule has 1 N–H and O–H groups in total. The Morgan fingerprint density at radius 1 is 0.950 bits per heavy atom. The second-order valence-electron chi connectivity index (χ2n) is 3.83. The number of rotatable bonds is 3. The molecule has 0 saturated carbocycles. The first-order valence-electron chi connectivity index (χ1n) is 5.55. The third-order valence-electron chi connectivity index (χ3n) is 2.04. The maximum absolute atomic E-state index is 10.7. The molecule has 106 valence electrons. The minimum absolute atomic E-state index is 0.604. The van der Waals surface area contributed by atoms with E-state index in [9.17, 15) is 3.74 Å². The normalized spacial score (nSPS) is 10.5. The number of nitrogens with one attached hydrogen (secondary N) is 1. The predicted molar refractivity (Wildman–Crippen MR) is 77.9 cm³/mol. The van der Waals surface area contributed by atoms with Gasteiger partial charge in [0.05, 0.1) is 10.1 Å². The summed E-state index contributed by atoms with van der Waals surface area (Å²) in [6, 6.07) is 17.6. The molecule has 0 aromatic heterocycles. The summed E-state index contributed by atoms with van der Waals surface area (Å²) < 4.78 is 38.8. The first-order chi connectivity index (χ1) is 9.38. The second-order valence-corrected chi connectivity index (χ2v) is 6.71. The first-order valence-corrected chi connectivity index (χ1v) is 9.07. The van der Waals surface area contributed by atoms with Gasteiger partial charge in [0, 0.05) is 6.26 Å². The summed E-state index contributed by atoms with van der Waals surface area (Å²) in [5.74, 6) is 0. The van der Waals surface area contributed by atoms with Crippen LogP contribution < -0.4 is 9.67 Å². The monoisotopic (exact) mass is 354 g/mol. The van der Waals surface area contributed by atoms with Crippen LogP contribution in [0.2, 0.25) is 0 Å². The molecule has 5 nitrogen and oxygen atoms in total. The molecule has 0 atom stereocenters. The Balaban J connectivity index is 0.000000347. The fourth-order valence-electron chi connectivity index (χ4n) is 1.29. The summed E-state index contributed by atoms with van der Waals surface area (Å²) in [5, 5.41) is 3.26. The van der Waals surface area contributed by atoms with Gasteiger partial charge in [-0.15, -0.1) is 0 Å². The molecule has 0 bridgehead atoms. The molecule has 2 rings (SSSR count). The quantitative estimate of drug-likeness (QED) is 0.663. The van der Waals surface area contributed by atoms with E-state index in [0.717, 1.165) is 15.7 Å². The first kappa shape index (κ1) is 16.6. The molecule has 2 aromatic carbocycles. The van der Waals surface area contributed by atoms with E-state index in [1.807, 2.05) is 54.6 Å². The van der Waals surface area contributed by atoms with Crippen LogP contribution in [0.25, 0.3) is 0 Å². The molecule has 0 amide bonds. The number of hydrogen-bond donors (Lipinski definition) is 1. The van der Waals surface area contributed by atoms with Gasteiger partial charge in [-0.05, 0) is 0 Å². The molecule has 0 unspecified atom stereocenters. The van der Waals surface area contributed by atoms with Gasteiger partial charge in [0.2, 0.25) is 0 Å². The van der Waals surface area contributed by atoms with Crippen LogP contribution in [-0.4, -0.2) is 34.9 Å². The van der Waals surface area contributed by atoms with Gasteiger partial charge >= 0.3 is 95.1 Å². The van der Waals surface area contributed by atoms with E-state index in [-0.39, 0.29) is 0 Å². The molecule has 0 aliphatic rings. The molecule has 0 radical (unpaired) electrons. The molecule has 7 heteroatoms. The Morgan fingerprint density at radius 3 is 1.85 bits per heavy atom. The zero-order chi connectivity index (χ0) is 15.0. The predicted octanol–water partition coefficient (Wildman–Crippen LogP) is 1.27. The van der Waals surface area contributed by atoms with E-state index < -0.39 is 25.8 Å². The Labute approximate surface area is 124 Å². The number of anilines is 2. The standard InChI is InChI=1S/C12H10AsNO.CH4O3S/c15-13-10-6-8-12(9-7-10)14-11-4-2-1-3-5-11;1-5(2,3)4/h1-9,14H;1H3,(H,2,3,4)/p-1. The van der Waals surface area contributed by atoms with Gasteiger partial charge in [0.15, 0.2) is 0 Å². The van der Waals surface area contributed by atoms with Crippen molar-refractivity contribution >= 4 is 41.5 Å². The van der Waals surface area contributed by atoms with Crippen molar-refractivity contribution in [2.75, 3.05) is 11.6 Å². The van der Waals surface area contributed by atoms with Crippen LogP contribution in [0, 0.1) is 0 Å². The van der Waals surface area contributed by atoms with Gasteiger partial charge in [-0.25, -0.2) is 8.42 Å². The van der Waals surface area contributed by atoms with Crippen molar-refractivity contribution in [3.63, 3.8) is 0 Å². The van der Waals surface area contributed by atoms with E-state index in [1.54, 1.807) is 0 Å². The van der Waals surface area contributed by atoms with E-state index in [0.29, 0.717) is 6.26 Å². The van der Waals surface area contributed by atoms with Crippen molar-refractivity contribution in [1.82, 2.24) is 0 Å². The molecule has 0 aliphatic carbocycles. The van der Waals surface area contributed by atoms with Crippen LogP contribution >= 0.6 is 0 Å². The van der Waals surface area contributed by atoms with Gasteiger partial charge < -0.3 is 4.55 Å². The summed E-state index contributed by atoms with van der Waals surface area (Å²) in [6.07, 6.45) is 0.604. The van der Waals surface area contributed by atoms with Crippen molar-refractivity contribution in [3.8, 4) is 0 Å². The van der Waals surface area contributed by atoms with E-state index >= 15 is 0 Å². The van der Waals surface area contributed by atoms with Crippen molar-refractivity contribution in [2.45, 2.75) is 0 Å². The van der Waals surface area contributed by atoms with Gasteiger partial charge in [-0.3, -0.25) is 0 Å². The fraction of sp³-hybridized carbons (Fsp3) is 0.0769. The minimum atomic E-state index is -3.92. The Hall–Kier alpha value is -1.49. The van der Waals surface area contributed by atoms with Crippen molar-refractivity contribution in [2.24, 2.45) is 0 Å². The molecule has 2 aromatic rings. The van der Waals surface area contributed by atoms with Crippen LogP contribution in [0.15, 0.2) is 54.6 Å². The van der Waals surface area contributed by atoms with Crippen molar-refractivity contribution in [1.29, 1.82) is 0 Å². The molecular weight excluding hydrogens is 341 g/mol. The van der Waals surface area contributed by atoms with Gasteiger partial charge in [-0.2, -0.15) is 0 Å². The summed E-state index contributed by atoms with van der Waals surface area (Å²) >= 11 is -0.912. The molecule has 0 heterocycles. The summed E-state index contributed by atoms with van der Waals surface area (Å²) in [5.41, 5.74) is 2.07.